The van der Waals surface area contributed by atoms with Crippen LogP contribution in [0.3, 0.4) is 0 Å². The second-order valence-electron chi connectivity index (χ2n) is 7.35. The van der Waals surface area contributed by atoms with Gasteiger partial charge in [0.25, 0.3) is 0 Å². The number of hydrogen-bond donors (Lipinski definition) is 2. The van der Waals surface area contributed by atoms with Crippen LogP contribution in [0.2, 0.25) is 0 Å². The summed E-state index contributed by atoms with van der Waals surface area (Å²) in [5.74, 6) is 0.813. The number of fused-ring (bicyclic) bond motifs is 1. The van der Waals surface area contributed by atoms with E-state index in [2.05, 4.69) is 54.8 Å². The predicted octanol–water partition coefficient (Wildman–Crippen LogP) is 3.91. The van der Waals surface area contributed by atoms with Crippen molar-refractivity contribution in [3.05, 3.63) is 53.5 Å². The molecule has 0 radical (unpaired) electrons. The lowest BCUT2D eigenvalue weighted by Gasteiger charge is -2.26. The van der Waals surface area contributed by atoms with E-state index in [9.17, 15) is 0 Å². The molecule has 0 bridgehead atoms. The molecule has 5 heteroatoms. The Kier molecular flexibility index (Phi) is 4.23. The van der Waals surface area contributed by atoms with Crippen molar-refractivity contribution < 1.29 is 0 Å². The van der Waals surface area contributed by atoms with Crippen LogP contribution in [0.5, 0.6) is 0 Å². The predicted molar refractivity (Wildman–Crippen MR) is 108 cm³/mol. The summed E-state index contributed by atoms with van der Waals surface area (Å²) in [6, 6.07) is 6.11. The Morgan fingerprint density at radius 1 is 1.27 bits per heavy atom. The van der Waals surface area contributed by atoms with Gasteiger partial charge >= 0.3 is 0 Å². The van der Waals surface area contributed by atoms with Crippen LogP contribution < -0.4 is 11.1 Å². The van der Waals surface area contributed by atoms with Crippen molar-refractivity contribution >= 4 is 22.6 Å². The van der Waals surface area contributed by atoms with Crippen LogP contribution >= 0.6 is 0 Å². The van der Waals surface area contributed by atoms with Gasteiger partial charge in [-0.3, -0.25) is 4.68 Å². The molecule has 26 heavy (non-hydrogen) atoms. The molecule has 2 heterocycles. The number of anilines is 2. The number of hydrogen-bond acceptors (Lipinski definition) is 4. The lowest BCUT2D eigenvalue weighted by molar-refractivity contribution is 0.648. The van der Waals surface area contributed by atoms with Crippen LogP contribution in [0, 0.1) is 5.92 Å². The van der Waals surface area contributed by atoms with Crippen molar-refractivity contribution in [3.63, 3.8) is 0 Å². The largest absolute Gasteiger partial charge is 0.399 e. The van der Waals surface area contributed by atoms with E-state index in [-0.39, 0.29) is 0 Å². The van der Waals surface area contributed by atoms with Crippen molar-refractivity contribution in [2.45, 2.75) is 26.2 Å². The first-order valence-electron chi connectivity index (χ1n) is 9.39. The molecule has 1 fully saturated rings. The minimum Gasteiger partial charge on any atom is -0.399 e. The zero-order valence-corrected chi connectivity index (χ0v) is 15.8. The summed E-state index contributed by atoms with van der Waals surface area (Å²) in [6.45, 7) is 3.18. The SMILES string of the molecule is CC/C=C1/c2cn(C)nc2C(c2cc(N)ccc2NCC2CC2)=CN1C. The van der Waals surface area contributed by atoms with Gasteiger partial charge in [-0.15, -0.1) is 0 Å². The number of nitrogens with one attached hydrogen (secondary N) is 1. The van der Waals surface area contributed by atoms with Crippen LogP contribution in [0.25, 0.3) is 11.3 Å². The fourth-order valence-corrected chi connectivity index (χ4v) is 3.55. The van der Waals surface area contributed by atoms with Gasteiger partial charge in [0.1, 0.15) is 5.69 Å². The van der Waals surface area contributed by atoms with Gasteiger partial charge in [-0.25, -0.2) is 0 Å². The summed E-state index contributed by atoms with van der Waals surface area (Å²) < 4.78 is 1.89. The Hall–Kier alpha value is -2.69. The van der Waals surface area contributed by atoms with Crippen LogP contribution in [-0.4, -0.2) is 28.3 Å². The average molecular weight is 349 g/mol. The molecule has 1 aliphatic carbocycles. The first-order chi connectivity index (χ1) is 12.6. The molecule has 1 aliphatic heterocycles. The first-order valence-corrected chi connectivity index (χ1v) is 9.39. The van der Waals surface area contributed by atoms with Gasteiger partial charge in [0.15, 0.2) is 0 Å². The van der Waals surface area contributed by atoms with Crippen LogP contribution in [-0.2, 0) is 7.05 Å². The number of allylic oxidation sites excluding steroid dienone is 1. The van der Waals surface area contributed by atoms with Crippen molar-refractivity contribution in [1.82, 2.24) is 14.7 Å². The molecule has 2 aromatic rings. The molecule has 2 aliphatic rings. The summed E-state index contributed by atoms with van der Waals surface area (Å²) in [5.41, 5.74) is 13.7. The Morgan fingerprint density at radius 3 is 2.81 bits per heavy atom. The number of nitrogens with zero attached hydrogens (tertiary/aromatic N) is 3. The monoisotopic (exact) mass is 349 g/mol. The van der Waals surface area contributed by atoms with E-state index in [0.29, 0.717) is 0 Å². The molecule has 1 aromatic heterocycles. The van der Waals surface area contributed by atoms with E-state index >= 15 is 0 Å². The molecule has 0 spiro atoms. The smallest absolute Gasteiger partial charge is 0.104 e. The third-order valence-corrected chi connectivity index (χ3v) is 5.07. The molecular weight excluding hydrogens is 322 g/mol. The van der Waals surface area contributed by atoms with Crippen LogP contribution in [0.1, 0.15) is 43.0 Å². The highest BCUT2D eigenvalue weighted by Gasteiger charge is 2.26. The van der Waals surface area contributed by atoms with Gasteiger partial charge in [0.05, 0.1) is 0 Å². The van der Waals surface area contributed by atoms with E-state index in [4.69, 9.17) is 10.8 Å². The number of nitrogens with two attached hydrogens (primary N) is 1. The van der Waals surface area contributed by atoms with Crippen molar-refractivity contribution in [1.29, 1.82) is 0 Å². The van der Waals surface area contributed by atoms with E-state index < -0.39 is 0 Å². The third-order valence-electron chi connectivity index (χ3n) is 5.07. The van der Waals surface area contributed by atoms with Crippen LogP contribution in [0.15, 0.2) is 36.7 Å². The van der Waals surface area contributed by atoms with E-state index in [1.54, 1.807) is 0 Å². The summed E-state index contributed by atoms with van der Waals surface area (Å²) in [5, 5.41) is 8.39. The number of nitrogen functional groups attached to an aromatic ring is 1. The van der Waals surface area contributed by atoms with Crippen molar-refractivity contribution in [2.24, 2.45) is 13.0 Å². The Bertz CT molecular complexity index is 886. The van der Waals surface area contributed by atoms with Gasteiger partial charge < -0.3 is 16.0 Å². The molecular formula is C21H27N5. The van der Waals surface area contributed by atoms with Crippen molar-refractivity contribution in [2.75, 3.05) is 24.6 Å². The van der Waals surface area contributed by atoms with Gasteiger partial charge in [0.2, 0.25) is 0 Å². The molecule has 136 valence electrons. The topological polar surface area (TPSA) is 59.1 Å². The number of aromatic nitrogens is 2. The highest BCUT2D eigenvalue weighted by molar-refractivity contribution is 5.93. The zero-order valence-electron chi connectivity index (χ0n) is 15.8. The molecule has 0 amide bonds. The minimum absolute atomic E-state index is 0.771. The highest BCUT2D eigenvalue weighted by Crippen LogP contribution is 2.39. The summed E-state index contributed by atoms with van der Waals surface area (Å²) in [6.07, 6.45) is 10.2. The van der Waals surface area contributed by atoms with Gasteiger partial charge in [-0.2, -0.15) is 5.10 Å². The van der Waals surface area contributed by atoms with E-state index in [0.717, 1.165) is 47.1 Å². The van der Waals surface area contributed by atoms with E-state index in [1.807, 2.05) is 17.8 Å². The van der Waals surface area contributed by atoms with Gasteiger partial charge in [0, 0.05) is 66.8 Å². The molecule has 4 rings (SSSR count). The maximum Gasteiger partial charge on any atom is 0.104 e. The Morgan fingerprint density at radius 2 is 2.08 bits per heavy atom. The Labute approximate surface area is 155 Å². The van der Waals surface area contributed by atoms with Gasteiger partial charge in [-0.1, -0.05) is 13.0 Å². The highest BCUT2D eigenvalue weighted by atomic mass is 15.3. The number of aryl methyl sites for hydroxylation is 1. The quantitative estimate of drug-likeness (QED) is 0.804. The van der Waals surface area contributed by atoms with Crippen LogP contribution in [0.4, 0.5) is 11.4 Å². The normalized spacial score (nSPS) is 18.0. The number of benzene rings is 1. The standard InChI is InChI=1S/C21H27N5/c1-4-5-20-18-13-26(3)24-21(18)17(12-25(20)2)16-10-15(22)8-9-19(16)23-11-14-6-7-14/h5,8-10,12-14,23H,4,6-7,11,22H2,1-3H3/b20-5-. The molecule has 1 aromatic carbocycles. The fraction of sp³-hybridized carbons (Fsp3) is 0.381. The van der Waals surface area contributed by atoms with Crippen molar-refractivity contribution in [3.8, 4) is 0 Å². The maximum atomic E-state index is 6.13. The first kappa shape index (κ1) is 16.8. The summed E-state index contributed by atoms with van der Waals surface area (Å²) in [4.78, 5) is 2.19. The molecule has 0 atom stereocenters. The van der Waals surface area contributed by atoms with Gasteiger partial charge in [-0.05, 0) is 43.4 Å². The average Bonchev–Trinajstić information content (AvgIpc) is 3.36. The molecule has 0 saturated heterocycles. The minimum atomic E-state index is 0.771. The Balaban J connectivity index is 1.80. The lowest BCUT2D eigenvalue weighted by atomic mass is 9.94. The zero-order chi connectivity index (χ0) is 18.3. The summed E-state index contributed by atoms with van der Waals surface area (Å²) >= 11 is 0. The molecule has 5 nitrogen and oxygen atoms in total. The third kappa shape index (κ3) is 3.09. The fourth-order valence-electron chi connectivity index (χ4n) is 3.55. The molecule has 1 saturated carbocycles. The number of rotatable bonds is 5. The molecule has 3 N–H and O–H groups in total. The van der Waals surface area contributed by atoms with E-state index in [1.165, 1.54) is 24.1 Å². The lowest BCUT2D eigenvalue weighted by Crippen LogP contribution is -2.17. The second-order valence-corrected chi connectivity index (χ2v) is 7.35. The molecule has 0 unspecified atom stereocenters. The second kappa shape index (κ2) is 6.56. The maximum absolute atomic E-state index is 6.13. The summed E-state index contributed by atoms with van der Waals surface area (Å²) in [7, 11) is 4.08.